The summed E-state index contributed by atoms with van der Waals surface area (Å²) in [6, 6.07) is 10.7. The van der Waals surface area contributed by atoms with Crippen molar-refractivity contribution in [2.75, 3.05) is 20.6 Å². The van der Waals surface area contributed by atoms with Gasteiger partial charge in [-0.1, -0.05) is 18.2 Å². The molecule has 2 aromatic heterocycles. The highest BCUT2D eigenvalue weighted by molar-refractivity contribution is 14.0. The summed E-state index contributed by atoms with van der Waals surface area (Å²) in [5, 5.41) is 7.95. The van der Waals surface area contributed by atoms with Crippen molar-refractivity contribution < 1.29 is 0 Å². The van der Waals surface area contributed by atoms with E-state index in [0.29, 0.717) is 0 Å². The summed E-state index contributed by atoms with van der Waals surface area (Å²) in [4.78, 5) is 11.0. The molecule has 1 N–H and O–H groups in total. The second-order valence-corrected chi connectivity index (χ2v) is 7.17. The number of fused-ring (bicyclic) bond motifs is 1. The zero-order valence-electron chi connectivity index (χ0n) is 15.5. The van der Waals surface area contributed by atoms with Gasteiger partial charge in [0.05, 0.1) is 17.2 Å². The zero-order valence-corrected chi connectivity index (χ0v) is 18.6. The predicted octanol–water partition coefficient (Wildman–Crippen LogP) is 4.12. The van der Waals surface area contributed by atoms with Crippen LogP contribution in [0.15, 0.2) is 46.9 Å². The van der Waals surface area contributed by atoms with Gasteiger partial charge in [0.15, 0.2) is 5.96 Å². The van der Waals surface area contributed by atoms with E-state index in [1.165, 1.54) is 10.9 Å². The van der Waals surface area contributed by atoms with Crippen LogP contribution in [-0.2, 0) is 13.1 Å². The fraction of sp³-hybridized carbons (Fsp3) is 0.368. The molecule has 0 unspecified atom stereocenters. The first-order valence-electron chi connectivity index (χ1n) is 8.54. The third-order valence-corrected chi connectivity index (χ3v) is 5.00. The molecule has 0 aliphatic rings. The molecule has 0 bridgehead atoms. The van der Waals surface area contributed by atoms with E-state index in [-0.39, 0.29) is 24.0 Å². The summed E-state index contributed by atoms with van der Waals surface area (Å²) < 4.78 is 2.31. The van der Waals surface area contributed by atoms with Gasteiger partial charge in [-0.15, -0.1) is 35.3 Å². The van der Waals surface area contributed by atoms with Crippen LogP contribution >= 0.6 is 35.3 Å². The van der Waals surface area contributed by atoms with Crippen molar-refractivity contribution in [1.29, 1.82) is 0 Å². The van der Waals surface area contributed by atoms with Gasteiger partial charge in [-0.05, 0) is 30.9 Å². The van der Waals surface area contributed by atoms with Crippen molar-refractivity contribution >= 4 is 52.2 Å². The molecule has 0 radical (unpaired) electrons. The Labute approximate surface area is 176 Å². The van der Waals surface area contributed by atoms with Crippen LogP contribution in [-0.4, -0.2) is 41.1 Å². The van der Waals surface area contributed by atoms with Crippen LogP contribution in [0.25, 0.3) is 10.9 Å². The van der Waals surface area contributed by atoms with E-state index in [4.69, 9.17) is 0 Å². The molecule has 0 aliphatic carbocycles. The van der Waals surface area contributed by atoms with Gasteiger partial charge in [0.1, 0.15) is 0 Å². The first kappa shape index (κ1) is 20.7. The largest absolute Gasteiger partial charge is 0.356 e. The molecule has 0 fully saturated rings. The molecule has 0 saturated carbocycles. The molecule has 140 valence electrons. The number of aryl methyl sites for hydroxylation is 2. The van der Waals surface area contributed by atoms with Crippen LogP contribution in [0.3, 0.4) is 0 Å². The van der Waals surface area contributed by atoms with Crippen molar-refractivity contribution in [1.82, 2.24) is 19.8 Å². The predicted molar refractivity (Wildman–Crippen MR) is 122 cm³/mol. The number of halogens is 1. The van der Waals surface area contributed by atoms with Crippen LogP contribution in [0.4, 0.5) is 0 Å². The lowest BCUT2D eigenvalue weighted by Gasteiger charge is -2.21. The summed E-state index contributed by atoms with van der Waals surface area (Å²) in [7, 11) is 3.87. The molecular formula is C19H26IN5S. The second-order valence-electron chi connectivity index (χ2n) is 6.11. The van der Waals surface area contributed by atoms with E-state index in [0.717, 1.165) is 42.7 Å². The standard InChI is InChI=1S/C19H25N5S.HI/c1-15-22-17(14-25-15)13-23(3)19(20-2)21-10-6-11-24-12-9-16-7-4-5-8-18(16)24;/h4-5,7-9,12,14H,6,10-11,13H2,1-3H3,(H,20,21);1H. The maximum absolute atomic E-state index is 4.52. The third-order valence-electron chi connectivity index (χ3n) is 4.18. The average molecular weight is 483 g/mol. The van der Waals surface area contributed by atoms with Gasteiger partial charge < -0.3 is 14.8 Å². The second kappa shape index (κ2) is 9.91. The first-order chi connectivity index (χ1) is 12.2. The molecular weight excluding hydrogens is 457 g/mol. The lowest BCUT2D eigenvalue weighted by molar-refractivity contribution is 0.468. The Balaban J connectivity index is 0.00000243. The maximum Gasteiger partial charge on any atom is 0.193 e. The molecule has 0 atom stereocenters. The van der Waals surface area contributed by atoms with E-state index < -0.39 is 0 Å². The fourth-order valence-corrected chi connectivity index (χ4v) is 3.57. The number of rotatable bonds is 6. The van der Waals surface area contributed by atoms with Gasteiger partial charge in [-0.25, -0.2) is 4.98 Å². The Morgan fingerprint density at radius 1 is 1.31 bits per heavy atom. The smallest absolute Gasteiger partial charge is 0.193 e. The Kier molecular flexibility index (Phi) is 7.89. The van der Waals surface area contributed by atoms with Crippen LogP contribution in [0, 0.1) is 6.92 Å². The van der Waals surface area contributed by atoms with Gasteiger partial charge in [-0.3, -0.25) is 4.99 Å². The number of hydrogen-bond acceptors (Lipinski definition) is 3. The molecule has 0 aliphatic heterocycles. The SMILES string of the molecule is CN=C(NCCCn1ccc2ccccc21)N(C)Cc1csc(C)n1.I. The number of nitrogens with one attached hydrogen (secondary N) is 1. The van der Waals surface area contributed by atoms with Crippen LogP contribution in [0.1, 0.15) is 17.1 Å². The van der Waals surface area contributed by atoms with Crippen molar-refractivity contribution in [3.8, 4) is 0 Å². The van der Waals surface area contributed by atoms with Crippen LogP contribution < -0.4 is 5.32 Å². The Morgan fingerprint density at radius 2 is 2.12 bits per heavy atom. The molecule has 0 saturated heterocycles. The lowest BCUT2D eigenvalue weighted by Crippen LogP contribution is -2.39. The summed E-state index contributed by atoms with van der Waals surface area (Å²) in [6.07, 6.45) is 3.21. The number of guanidine groups is 1. The van der Waals surface area contributed by atoms with Crippen LogP contribution in [0.5, 0.6) is 0 Å². The van der Waals surface area contributed by atoms with Crippen molar-refractivity contribution in [3.05, 3.63) is 52.6 Å². The quantitative estimate of drug-likeness (QED) is 0.248. The number of para-hydroxylation sites is 1. The van der Waals surface area contributed by atoms with Gasteiger partial charge in [0.25, 0.3) is 0 Å². The number of aromatic nitrogens is 2. The highest BCUT2D eigenvalue weighted by Crippen LogP contribution is 2.15. The van der Waals surface area contributed by atoms with Crippen molar-refractivity contribution in [2.24, 2.45) is 4.99 Å². The topological polar surface area (TPSA) is 45.5 Å². The van der Waals surface area contributed by atoms with E-state index in [2.05, 4.69) is 66.7 Å². The van der Waals surface area contributed by atoms with Crippen molar-refractivity contribution in [3.63, 3.8) is 0 Å². The minimum atomic E-state index is 0. The van der Waals surface area contributed by atoms with Crippen molar-refractivity contribution in [2.45, 2.75) is 26.4 Å². The monoisotopic (exact) mass is 483 g/mol. The summed E-state index contributed by atoms with van der Waals surface area (Å²) in [6.45, 7) is 4.69. The number of nitrogens with zero attached hydrogens (tertiary/aromatic N) is 4. The Hall–Kier alpha value is -1.61. The summed E-state index contributed by atoms with van der Waals surface area (Å²) >= 11 is 1.69. The number of benzene rings is 1. The molecule has 3 rings (SSSR count). The summed E-state index contributed by atoms with van der Waals surface area (Å²) in [5.41, 5.74) is 2.38. The maximum atomic E-state index is 4.52. The number of hydrogen-bond donors (Lipinski definition) is 1. The highest BCUT2D eigenvalue weighted by atomic mass is 127. The Bertz CT molecular complexity index is 854. The molecule has 0 amide bonds. The van der Waals surface area contributed by atoms with E-state index in [1.54, 1.807) is 11.3 Å². The third kappa shape index (κ3) is 5.20. The molecule has 0 spiro atoms. The van der Waals surface area contributed by atoms with Gasteiger partial charge in [-0.2, -0.15) is 0 Å². The fourth-order valence-electron chi connectivity index (χ4n) is 2.97. The van der Waals surface area contributed by atoms with E-state index in [1.807, 2.05) is 21.0 Å². The van der Waals surface area contributed by atoms with Gasteiger partial charge >= 0.3 is 0 Å². The zero-order chi connectivity index (χ0) is 17.6. The lowest BCUT2D eigenvalue weighted by atomic mass is 10.2. The first-order valence-corrected chi connectivity index (χ1v) is 9.42. The highest BCUT2D eigenvalue weighted by Gasteiger charge is 2.08. The molecule has 2 heterocycles. The molecule has 5 nitrogen and oxygen atoms in total. The number of thiazole rings is 1. The molecule has 3 aromatic rings. The minimum Gasteiger partial charge on any atom is -0.356 e. The van der Waals surface area contributed by atoms with Gasteiger partial charge in [0.2, 0.25) is 0 Å². The molecule has 7 heteroatoms. The average Bonchev–Trinajstić information content (AvgIpc) is 3.21. The molecule has 1 aromatic carbocycles. The summed E-state index contributed by atoms with van der Waals surface area (Å²) in [5.74, 6) is 0.906. The van der Waals surface area contributed by atoms with E-state index in [9.17, 15) is 0 Å². The van der Waals surface area contributed by atoms with Gasteiger partial charge in [0, 0.05) is 44.3 Å². The normalized spacial score (nSPS) is 11.4. The van der Waals surface area contributed by atoms with E-state index >= 15 is 0 Å². The Morgan fingerprint density at radius 3 is 2.85 bits per heavy atom. The van der Waals surface area contributed by atoms with Crippen LogP contribution in [0.2, 0.25) is 0 Å². The number of aliphatic imine (C=N–C) groups is 1. The minimum absolute atomic E-state index is 0. The molecule has 26 heavy (non-hydrogen) atoms.